The maximum atomic E-state index is 12.2. The number of hydrogen-bond donors (Lipinski definition) is 3. The number of carbonyl (C=O) groups excluding carboxylic acids is 1. The second-order valence-corrected chi connectivity index (χ2v) is 7.41. The molecule has 0 fully saturated rings. The van der Waals surface area contributed by atoms with Crippen LogP contribution in [0.1, 0.15) is 15.2 Å². The summed E-state index contributed by atoms with van der Waals surface area (Å²) in [6, 6.07) is 4.48. The lowest BCUT2D eigenvalue weighted by atomic mass is 10.1. The first-order valence-corrected chi connectivity index (χ1v) is 9.73. The summed E-state index contributed by atoms with van der Waals surface area (Å²) in [5.41, 5.74) is 0.672. The SMILES string of the molecule is COc1ccc(-c2sc(C(=O)O)c(OCC(=O)O)c2Cl)cc1C=CC(=O)NCC(F)(F)F. The lowest BCUT2D eigenvalue weighted by molar-refractivity contribution is -0.139. The molecule has 1 heterocycles. The van der Waals surface area contributed by atoms with Crippen LogP contribution in [-0.4, -0.2) is 54.5 Å². The molecule has 0 unspecified atom stereocenters. The zero-order valence-electron chi connectivity index (χ0n) is 16.2. The Morgan fingerprint density at radius 2 is 1.94 bits per heavy atom. The average Bonchev–Trinajstić information content (AvgIpc) is 3.04. The molecule has 0 aliphatic heterocycles. The van der Waals surface area contributed by atoms with Crippen molar-refractivity contribution in [1.82, 2.24) is 5.32 Å². The van der Waals surface area contributed by atoms with Gasteiger partial charge in [0, 0.05) is 11.6 Å². The normalized spacial score (nSPS) is 11.4. The highest BCUT2D eigenvalue weighted by Gasteiger charge is 2.27. The fourth-order valence-electron chi connectivity index (χ4n) is 2.40. The van der Waals surface area contributed by atoms with Crippen molar-refractivity contribution in [1.29, 1.82) is 0 Å². The predicted octanol–water partition coefficient (Wildman–Crippen LogP) is 3.93. The van der Waals surface area contributed by atoms with E-state index in [1.807, 2.05) is 0 Å². The zero-order valence-corrected chi connectivity index (χ0v) is 17.7. The molecule has 1 amide bonds. The van der Waals surface area contributed by atoms with Crippen LogP contribution in [-0.2, 0) is 9.59 Å². The molecule has 3 N–H and O–H groups in total. The minimum absolute atomic E-state index is 0.128. The number of rotatable bonds is 9. The first-order valence-electron chi connectivity index (χ1n) is 8.54. The smallest absolute Gasteiger partial charge is 0.405 e. The Kier molecular flexibility index (Phi) is 8.11. The maximum Gasteiger partial charge on any atom is 0.405 e. The molecule has 1 aromatic carbocycles. The van der Waals surface area contributed by atoms with Gasteiger partial charge in [-0.25, -0.2) is 9.59 Å². The van der Waals surface area contributed by atoms with Gasteiger partial charge in [0.1, 0.15) is 17.3 Å². The van der Waals surface area contributed by atoms with Gasteiger partial charge in [-0.3, -0.25) is 4.79 Å². The maximum absolute atomic E-state index is 12.2. The van der Waals surface area contributed by atoms with Crippen molar-refractivity contribution in [3.8, 4) is 21.9 Å². The molecule has 0 aliphatic rings. The van der Waals surface area contributed by atoms with E-state index in [1.54, 1.807) is 5.32 Å². The van der Waals surface area contributed by atoms with Crippen molar-refractivity contribution in [3.63, 3.8) is 0 Å². The number of methoxy groups -OCH3 is 1. The van der Waals surface area contributed by atoms with Crippen molar-refractivity contribution in [3.05, 3.63) is 39.7 Å². The molecule has 0 aliphatic carbocycles. The van der Waals surface area contributed by atoms with Crippen molar-refractivity contribution in [2.45, 2.75) is 6.18 Å². The molecule has 0 radical (unpaired) electrons. The summed E-state index contributed by atoms with van der Waals surface area (Å²) in [4.78, 5) is 33.8. The van der Waals surface area contributed by atoms with Gasteiger partial charge in [-0.05, 0) is 29.8 Å². The monoisotopic (exact) mass is 493 g/mol. The lowest BCUT2D eigenvalue weighted by Gasteiger charge is -2.08. The Hall–Kier alpha value is -3.25. The van der Waals surface area contributed by atoms with E-state index in [0.29, 0.717) is 11.1 Å². The fourth-order valence-corrected chi connectivity index (χ4v) is 3.80. The largest absolute Gasteiger partial charge is 0.496 e. The molecule has 8 nitrogen and oxygen atoms in total. The average molecular weight is 494 g/mol. The van der Waals surface area contributed by atoms with Crippen LogP contribution >= 0.6 is 22.9 Å². The zero-order chi connectivity index (χ0) is 24.1. The van der Waals surface area contributed by atoms with Gasteiger partial charge in [0.2, 0.25) is 5.91 Å². The Morgan fingerprint density at radius 1 is 1.25 bits per heavy atom. The molecule has 0 bridgehead atoms. The predicted molar refractivity (Wildman–Crippen MR) is 110 cm³/mol. The summed E-state index contributed by atoms with van der Waals surface area (Å²) in [6.45, 7) is -2.30. The van der Waals surface area contributed by atoms with E-state index in [-0.39, 0.29) is 26.3 Å². The molecule has 2 rings (SSSR count). The van der Waals surface area contributed by atoms with Crippen LogP contribution in [0.25, 0.3) is 16.5 Å². The Balaban J connectivity index is 2.40. The Bertz CT molecular complexity index is 1070. The number of aromatic carboxylic acids is 1. The molecule has 13 heteroatoms. The molecule has 0 spiro atoms. The number of carbonyl (C=O) groups is 3. The van der Waals surface area contributed by atoms with Crippen molar-refractivity contribution in [2.24, 2.45) is 0 Å². The van der Waals surface area contributed by atoms with E-state index in [0.717, 1.165) is 17.4 Å². The van der Waals surface area contributed by atoms with E-state index in [1.165, 1.54) is 31.4 Å². The summed E-state index contributed by atoms with van der Waals surface area (Å²) >= 11 is 6.98. The van der Waals surface area contributed by atoms with Gasteiger partial charge >= 0.3 is 18.1 Å². The number of halogens is 4. The molecule has 0 atom stereocenters. The number of carboxylic acids is 2. The van der Waals surface area contributed by atoms with Gasteiger partial charge in [0.15, 0.2) is 17.2 Å². The van der Waals surface area contributed by atoms with E-state index >= 15 is 0 Å². The van der Waals surface area contributed by atoms with Gasteiger partial charge in [-0.2, -0.15) is 13.2 Å². The number of alkyl halides is 3. The number of carboxylic acid groups (broad SMARTS) is 2. The van der Waals surface area contributed by atoms with E-state index < -0.39 is 37.2 Å². The molecule has 2 aromatic rings. The summed E-state index contributed by atoms with van der Waals surface area (Å²) in [5, 5.41) is 19.7. The molecular weight excluding hydrogens is 479 g/mol. The third kappa shape index (κ3) is 6.62. The first-order chi connectivity index (χ1) is 14.9. The van der Waals surface area contributed by atoms with Crippen molar-refractivity contribution < 1.29 is 47.2 Å². The lowest BCUT2D eigenvalue weighted by Crippen LogP contribution is -2.32. The van der Waals surface area contributed by atoms with Crippen LogP contribution in [0, 0.1) is 0 Å². The number of hydrogen-bond acceptors (Lipinski definition) is 6. The minimum Gasteiger partial charge on any atom is -0.496 e. The number of thiophene rings is 1. The standard InChI is InChI=1S/C19H15ClF3NO7S/c1-30-11-4-2-10(6-9(11)3-5-12(25)24-8-19(21,22)23)16-14(20)15(31-7-13(26)27)17(32-16)18(28)29/h2-6H,7-8H2,1H3,(H,24,25)(H,26,27)(H,28,29). The van der Waals surface area contributed by atoms with Crippen molar-refractivity contribution in [2.75, 3.05) is 20.3 Å². The molecule has 172 valence electrons. The highest BCUT2D eigenvalue weighted by Crippen LogP contribution is 2.46. The quantitative estimate of drug-likeness (QED) is 0.452. The van der Waals surface area contributed by atoms with E-state index in [4.69, 9.17) is 26.2 Å². The summed E-state index contributed by atoms with van der Waals surface area (Å²) in [6.07, 6.45) is -2.46. The second kappa shape index (κ2) is 10.4. The number of nitrogens with one attached hydrogen (secondary N) is 1. The van der Waals surface area contributed by atoms with Crippen LogP contribution in [0.5, 0.6) is 11.5 Å². The highest BCUT2D eigenvalue weighted by atomic mass is 35.5. The minimum atomic E-state index is -4.56. The molecule has 0 saturated heterocycles. The molecule has 0 saturated carbocycles. The number of amides is 1. The Morgan fingerprint density at radius 3 is 2.50 bits per heavy atom. The summed E-state index contributed by atoms with van der Waals surface area (Å²) in [7, 11) is 1.34. The number of benzene rings is 1. The number of aliphatic carboxylic acids is 1. The molecule has 32 heavy (non-hydrogen) atoms. The van der Waals surface area contributed by atoms with Gasteiger partial charge in [-0.1, -0.05) is 11.6 Å². The van der Waals surface area contributed by atoms with E-state index in [2.05, 4.69) is 0 Å². The third-order valence-corrected chi connectivity index (χ3v) is 5.39. The van der Waals surface area contributed by atoms with E-state index in [9.17, 15) is 32.7 Å². The van der Waals surface area contributed by atoms with Crippen LogP contribution < -0.4 is 14.8 Å². The van der Waals surface area contributed by atoms with Crippen LogP contribution in [0.15, 0.2) is 24.3 Å². The number of ether oxygens (including phenoxy) is 2. The summed E-state index contributed by atoms with van der Waals surface area (Å²) < 4.78 is 46.8. The van der Waals surface area contributed by atoms with Gasteiger partial charge in [0.05, 0.1) is 12.0 Å². The Labute approximate surface area is 187 Å². The third-order valence-electron chi connectivity index (χ3n) is 3.71. The van der Waals surface area contributed by atoms with Gasteiger partial charge in [0.25, 0.3) is 0 Å². The summed E-state index contributed by atoms with van der Waals surface area (Å²) in [5.74, 6) is -3.71. The molecule has 1 aromatic heterocycles. The first kappa shape index (κ1) is 25.0. The van der Waals surface area contributed by atoms with Crippen LogP contribution in [0.2, 0.25) is 5.02 Å². The fraction of sp³-hybridized carbons (Fsp3) is 0.211. The van der Waals surface area contributed by atoms with Crippen molar-refractivity contribution >= 4 is 46.9 Å². The van der Waals surface area contributed by atoms with Gasteiger partial charge < -0.3 is 25.0 Å². The van der Waals surface area contributed by atoms with Gasteiger partial charge in [-0.15, -0.1) is 11.3 Å². The highest BCUT2D eigenvalue weighted by molar-refractivity contribution is 7.18. The second-order valence-electron chi connectivity index (χ2n) is 6.01. The topological polar surface area (TPSA) is 122 Å². The van der Waals surface area contributed by atoms with Crippen LogP contribution in [0.3, 0.4) is 0 Å². The van der Waals surface area contributed by atoms with Crippen LogP contribution in [0.4, 0.5) is 13.2 Å². The molecular formula is C19H15ClF3NO7S.